The number of rotatable bonds is 4. The van der Waals surface area contributed by atoms with E-state index < -0.39 is 0 Å². The minimum absolute atomic E-state index is 0.109. The van der Waals surface area contributed by atoms with E-state index in [1.807, 2.05) is 0 Å². The molecule has 1 amide bonds. The first-order valence-electron chi connectivity index (χ1n) is 6.91. The molecular formula is C13H25N3O. The summed E-state index contributed by atoms with van der Waals surface area (Å²) in [6.45, 7) is 7.32. The molecule has 0 aromatic rings. The zero-order chi connectivity index (χ0) is 12.3. The van der Waals surface area contributed by atoms with Gasteiger partial charge in [0.1, 0.15) is 0 Å². The number of likely N-dealkylation sites (tertiary alicyclic amines) is 1. The highest BCUT2D eigenvalue weighted by Crippen LogP contribution is 2.19. The monoisotopic (exact) mass is 239 g/mol. The molecule has 4 heteroatoms. The lowest BCUT2D eigenvalue weighted by atomic mass is 10.1. The molecule has 1 N–H and O–H groups in total. The third-order valence-corrected chi connectivity index (χ3v) is 4.07. The van der Waals surface area contributed by atoms with Crippen molar-refractivity contribution >= 4 is 5.91 Å². The maximum Gasteiger partial charge on any atom is 0.239 e. The van der Waals surface area contributed by atoms with Crippen molar-refractivity contribution in [1.82, 2.24) is 15.1 Å². The molecule has 0 bridgehead atoms. The maximum atomic E-state index is 12.2. The molecule has 2 aliphatic heterocycles. The van der Waals surface area contributed by atoms with Crippen LogP contribution in [0.2, 0.25) is 0 Å². The minimum Gasteiger partial charge on any atom is -0.341 e. The van der Waals surface area contributed by atoms with Crippen LogP contribution in [-0.4, -0.2) is 61.5 Å². The fourth-order valence-electron chi connectivity index (χ4n) is 2.87. The Labute approximate surface area is 104 Å². The van der Waals surface area contributed by atoms with Gasteiger partial charge in [0.2, 0.25) is 5.91 Å². The minimum atomic E-state index is 0.109. The fraction of sp³-hybridized carbons (Fsp3) is 0.923. The van der Waals surface area contributed by atoms with Crippen LogP contribution in [0.15, 0.2) is 0 Å². The topological polar surface area (TPSA) is 35.6 Å². The van der Waals surface area contributed by atoms with Crippen LogP contribution < -0.4 is 5.32 Å². The molecule has 2 saturated heterocycles. The largest absolute Gasteiger partial charge is 0.341 e. The smallest absolute Gasteiger partial charge is 0.239 e. The number of nitrogens with zero attached hydrogens (tertiary/aromatic N) is 2. The van der Waals surface area contributed by atoms with Crippen molar-refractivity contribution in [3.05, 3.63) is 0 Å². The van der Waals surface area contributed by atoms with Crippen LogP contribution in [0.1, 0.15) is 26.2 Å². The summed E-state index contributed by atoms with van der Waals surface area (Å²) in [5.41, 5.74) is 0. The fourth-order valence-corrected chi connectivity index (χ4v) is 2.87. The van der Waals surface area contributed by atoms with E-state index in [0.717, 1.165) is 45.6 Å². The number of hydrogen-bond acceptors (Lipinski definition) is 3. The molecule has 2 aliphatic rings. The molecule has 2 atom stereocenters. The van der Waals surface area contributed by atoms with Gasteiger partial charge in [-0.2, -0.15) is 0 Å². The van der Waals surface area contributed by atoms with E-state index >= 15 is 0 Å². The zero-order valence-corrected chi connectivity index (χ0v) is 11.1. The van der Waals surface area contributed by atoms with Crippen molar-refractivity contribution in [3.63, 3.8) is 0 Å². The van der Waals surface area contributed by atoms with Crippen LogP contribution in [0.5, 0.6) is 0 Å². The summed E-state index contributed by atoms with van der Waals surface area (Å²) < 4.78 is 0. The van der Waals surface area contributed by atoms with Crippen LogP contribution in [0, 0.1) is 5.92 Å². The van der Waals surface area contributed by atoms with Gasteiger partial charge in [-0.1, -0.05) is 6.92 Å². The van der Waals surface area contributed by atoms with Crippen LogP contribution in [-0.2, 0) is 4.79 Å². The molecule has 0 spiro atoms. The lowest BCUT2D eigenvalue weighted by Gasteiger charge is -2.22. The summed E-state index contributed by atoms with van der Waals surface area (Å²) in [4.78, 5) is 16.6. The number of nitrogens with one attached hydrogen (secondary N) is 1. The van der Waals surface area contributed by atoms with Gasteiger partial charge in [0.15, 0.2) is 0 Å². The molecule has 0 aromatic carbocycles. The Balaban J connectivity index is 1.78. The first kappa shape index (κ1) is 12.8. The second kappa shape index (κ2) is 5.83. The molecule has 2 fully saturated rings. The van der Waals surface area contributed by atoms with Gasteiger partial charge in [-0.3, -0.25) is 4.79 Å². The second-order valence-electron chi connectivity index (χ2n) is 5.44. The predicted molar refractivity (Wildman–Crippen MR) is 68.9 cm³/mol. The van der Waals surface area contributed by atoms with Crippen LogP contribution in [0.4, 0.5) is 0 Å². The van der Waals surface area contributed by atoms with Crippen molar-refractivity contribution in [3.8, 4) is 0 Å². The van der Waals surface area contributed by atoms with Gasteiger partial charge in [0.25, 0.3) is 0 Å². The highest BCUT2D eigenvalue weighted by atomic mass is 16.2. The number of carbonyl (C=O) groups excluding carboxylic acids is 1. The van der Waals surface area contributed by atoms with Gasteiger partial charge in [-0.15, -0.1) is 0 Å². The van der Waals surface area contributed by atoms with E-state index in [0.29, 0.717) is 11.8 Å². The van der Waals surface area contributed by atoms with E-state index in [9.17, 15) is 4.79 Å². The molecule has 0 saturated carbocycles. The molecule has 0 radical (unpaired) electrons. The maximum absolute atomic E-state index is 12.2. The average molecular weight is 239 g/mol. The Hall–Kier alpha value is -0.610. The highest BCUT2D eigenvalue weighted by molar-refractivity contribution is 5.82. The molecule has 4 nitrogen and oxygen atoms in total. The molecule has 2 heterocycles. The lowest BCUT2D eigenvalue weighted by molar-refractivity contribution is -0.132. The molecule has 0 aliphatic carbocycles. The number of hydrogen-bond donors (Lipinski definition) is 1. The Kier molecular flexibility index (Phi) is 4.40. The number of carbonyl (C=O) groups is 1. The zero-order valence-electron chi connectivity index (χ0n) is 11.1. The Morgan fingerprint density at radius 1 is 1.47 bits per heavy atom. The molecule has 2 unspecified atom stereocenters. The second-order valence-corrected chi connectivity index (χ2v) is 5.44. The van der Waals surface area contributed by atoms with Crippen LogP contribution in [0.3, 0.4) is 0 Å². The van der Waals surface area contributed by atoms with Gasteiger partial charge in [-0.05, 0) is 45.3 Å². The van der Waals surface area contributed by atoms with E-state index in [-0.39, 0.29) is 6.04 Å². The summed E-state index contributed by atoms with van der Waals surface area (Å²) in [7, 11) is 2.16. The molecule has 0 aromatic heterocycles. The third-order valence-electron chi connectivity index (χ3n) is 4.07. The Morgan fingerprint density at radius 2 is 2.29 bits per heavy atom. The SMILES string of the molecule is CCN(C)CC1CCN(C(=O)C2CCCN2)C1. The summed E-state index contributed by atoms with van der Waals surface area (Å²) >= 11 is 0. The Bertz CT molecular complexity index is 263. The van der Waals surface area contributed by atoms with Gasteiger partial charge < -0.3 is 15.1 Å². The number of amides is 1. The summed E-state index contributed by atoms with van der Waals surface area (Å²) in [5.74, 6) is 1.01. The summed E-state index contributed by atoms with van der Waals surface area (Å²) in [6.07, 6.45) is 3.34. The predicted octanol–water partition coefficient (Wildman–Crippen LogP) is 0.539. The van der Waals surface area contributed by atoms with Gasteiger partial charge in [-0.25, -0.2) is 0 Å². The van der Waals surface area contributed by atoms with Crippen molar-refractivity contribution in [2.75, 3.05) is 39.8 Å². The van der Waals surface area contributed by atoms with Crippen molar-refractivity contribution < 1.29 is 4.79 Å². The van der Waals surface area contributed by atoms with Crippen molar-refractivity contribution in [2.45, 2.75) is 32.2 Å². The van der Waals surface area contributed by atoms with Gasteiger partial charge in [0.05, 0.1) is 6.04 Å². The van der Waals surface area contributed by atoms with E-state index in [1.165, 1.54) is 6.42 Å². The average Bonchev–Trinajstić information content (AvgIpc) is 2.98. The molecular weight excluding hydrogens is 214 g/mol. The normalized spacial score (nSPS) is 29.2. The first-order valence-corrected chi connectivity index (χ1v) is 6.91. The molecule has 2 rings (SSSR count). The lowest BCUT2D eigenvalue weighted by Crippen LogP contribution is -2.42. The molecule has 17 heavy (non-hydrogen) atoms. The molecule has 98 valence electrons. The quantitative estimate of drug-likeness (QED) is 0.778. The van der Waals surface area contributed by atoms with Crippen molar-refractivity contribution in [2.24, 2.45) is 5.92 Å². The Morgan fingerprint density at radius 3 is 2.94 bits per heavy atom. The van der Waals surface area contributed by atoms with E-state index in [2.05, 4.69) is 29.1 Å². The van der Waals surface area contributed by atoms with Gasteiger partial charge >= 0.3 is 0 Å². The van der Waals surface area contributed by atoms with E-state index in [1.54, 1.807) is 0 Å². The standard InChI is InChI=1S/C13H25N3O/c1-3-15(2)9-11-6-8-16(10-11)13(17)12-5-4-7-14-12/h11-12,14H,3-10H2,1-2H3. The van der Waals surface area contributed by atoms with E-state index in [4.69, 9.17) is 0 Å². The van der Waals surface area contributed by atoms with Crippen molar-refractivity contribution in [1.29, 1.82) is 0 Å². The summed E-state index contributed by atoms with van der Waals surface area (Å²) in [5, 5.41) is 3.30. The third kappa shape index (κ3) is 3.19. The first-order chi connectivity index (χ1) is 8.20. The highest BCUT2D eigenvalue weighted by Gasteiger charge is 2.32. The van der Waals surface area contributed by atoms with Crippen LogP contribution in [0.25, 0.3) is 0 Å². The van der Waals surface area contributed by atoms with Crippen LogP contribution >= 0.6 is 0 Å². The summed E-state index contributed by atoms with van der Waals surface area (Å²) in [6, 6.07) is 0.109. The van der Waals surface area contributed by atoms with Gasteiger partial charge in [0, 0.05) is 19.6 Å².